The average molecular weight is 305 g/mol. The Bertz CT molecular complexity index is 666. The van der Waals surface area contributed by atoms with E-state index in [1.165, 1.54) is 36.3 Å². The Balaban J connectivity index is 2.49. The molecule has 0 spiro atoms. The van der Waals surface area contributed by atoms with Crippen molar-refractivity contribution in [2.24, 2.45) is 0 Å². The van der Waals surface area contributed by atoms with Crippen LogP contribution in [-0.4, -0.2) is 36.0 Å². The standard InChI is InChI=1S/C14H15N3O5/c1-8-11(13(18)22-3)12(15-14(19)16(8)2)9-4-6-10(7-5-9)17(20)21/h4-7,12H,1-3H3,(H,15,19). The van der Waals surface area contributed by atoms with Gasteiger partial charge in [-0.1, -0.05) is 0 Å². The lowest BCUT2D eigenvalue weighted by Gasteiger charge is -2.33. The smallest absolute Gasteiger partial charge is 0.337 e. The van der Waals surface area contributed by atoms with Crippen molar-refractivity contribution in [3.8, 4) is 0 Å². The lowest BCUT2D eigenvalue weighted by atomic mass is 9.95. The van der Waals surface area contributed by atoms with Gasteiger partial charge in [0.05, 0.1) is 23.6 Å². The molecule has 0 bridgehead atoms. The number of amides is 2. The first-order chi connectivity index (χ1) is 10.4. The van der Waals surface area contributed by atoms with Gasteiger partial charge >= 0.3 is 12.0 Å². The van der Waals surface area contributed by atoms with Crippen molar-refractivity contribution in [1.29, 1.82) is 0 Å². The van der Waals surface area contributed by atoms with E-state index in [1.54, 1.807) is 14.0 Å². The van der Waals surface area contributed by atoms with Crippen molar-refractivity contribution in [3.63, 3.8) is 0 Å². The summed E-state index contributed by atoms with van der Waals surface area (Å²) in [6, 6.07) is 4.58. The average Bonchev–Trinajstić information content (AvgIpc) is 2.51. The number of hydrogen-bond donors (Lipinski definition) is 1. The second-order valence-corrected chi connectivity index (χ2v) is 4.78. The zero-order chi connectivity index (χ0) is 16.4. The van der Waals surface area contributed by atoms with Crippen molar-refractivity contribution in [2.45, 2.75) is 13.0 Å². The maximum atomic E-state index is 12.0. The van der Waals surface area contributed by atoms with E-state index in [0.29, 0.717) is 16.8 Å². The molecule has 1 aromatic rings. The van der Waals surface area contributed by atoms with E-state index in [2.05, 4.69) is 5.32 Å². The minimum atomic E-state index is -0.711. The van der Waals surface area contributed by atoms with Gasteiger partial charge in [-0.05, 0) is 24.6 Å². The minimum absolute atomic E-state index is 0.0664. The summed E-state index contributed by atoms with van der Waals surface area (Å²) >= 11 is 0. The summed E-state index contributed by atoms with van der Waals surface area (Å²) in [6.45, 7) is 1.64. The molecule has 0 saturated carbocycles. The Hall–Kier alpha value is -2.90. The van der Waals surface area contributed by atoms with Gasteiger partial charge in [-0.15, -0.1) is 0 Å². The first kappa shape index (κ1) is 15.5. The molecule has 0 saturated heterocycles. The van der Waals surface area contributed by atoms with E-state index in [-0.39, 0.29) is 11.7 Å². The van der Waals surface area contributed by atoms with Crippen LogP contribution in [-0.2, 0) is 9.53 Å². The summed E-state index contributed by atoms with van der Waals surface area (Å²) in [6.07, 6.45) is 0. The van der Waals surface area contributed by atoms with Crippen LogP contribution < -0.4 is 5.32 Å². The van der Waals surface area contributed by atoms with Crippen LogP contribution in [0.2, 0.25) is 0 Å². The molecule has 1 aromatic carbocycles. The maximum Gasteiger partial charge on any atom is 0.337 e. The quantitative estimate of drug-likeness (QED) is 0.520. The third kappa shape index (κ3) is 2.62. The first-order valence-corrected chi connectivity index (χ1v) is 6.44. The highest BCUT2D eigenvalue weighted by Gasteiger charge is 2.34. The maximum absolute atomic E-state index is 12.0. The third-order valence-electron chi connectivity index (χ3n) is 3.60. The number of rotatable bonds is 3. The van der Waals surface area contributed by atoms with Crippen LogP contribution in [0, 0.1) is 10.1 Å². The van der Waals surface area contributed by atoms with E-state index in [0.717, 1.165) is 0 Å². The molecule has 116 valence electrons. The fourth-order valence-electron chi connectivity index (χ4n) is 2.25. The molecule has 1 aliphatic rings. The number of ether oxygens (including phenoxy) is 1. The van der Waals surface area contributed by atoms with Crippen molar-refractivity contribution >= 4 is 17.7 Å². The molecule has 8 heteroatoms. The van der Waals surface area contributed by atoms with Gasteiger partial charge in [0, 0.05) is 24.9 Å². The van der Waals surface area contributed by atoms with Crippen LogP contribution in [0.3, 0.4) is 0 Å². The molecule has 0 radical (unpaired) electrons. The second-order valence-electron chi connectivity index (χ2n) is 4.78. The Morgan fingerprint density at radius 1 is 1.36 bits per heavy atom. The van der Waals surface area contributed by atoms with Gasteiger partial charge < -0.3 is 15.0 Å². The molecule has 0 aliphatic carbocycles. The van der Waals surface area contributed by atoms with E-state index in [9.17, 15) is 19.7 Å². The molecule has 1 aliphatic heterocycles. The van der Waals surface area contributed by atoms with Crippen LogP contribution in [0.1, 0.15) is 18.5 Å². The van der Waals surface area contributed by atoms with Crippen LogP contribution in [0.4, 0.5) is 10.5 Å². The number of methoxy groups -OCH3 is 1. The van der Waals surface area contributed by atoms with E-state index >= 15 is 0 Å². The highest BCUT2D eigenvalue weighted by Crippen LogP contribution is 2.31. The van der Waals surface area contributed by atoms with Crippen LogP contribution in [0.25, 0.3) is 0 Å². The molecule has 8 nitrogen and oxygen atoms in total. The number of nitrogens with zero attached hydrogens (tertiary/aromatic N) is 2. The monoisotopic (exact) mass is 305 g/mol. The third-order valence-corrected chi connectivity index (χ3v) is 3.60. The highest BCUT2D eigenvalue weighted by atomic mass is 16.6. The number of nitro benzene ring substituents is 1. The Kier molecular flexibility index (Phi) is 4.11. The SMILES string of the molecule is COC(=O)C1=C(C)N(C)C(=O)NC1c1ccc([N+](=O)[O-])cc1. The number of allylic oxidation sites excluding steroid dienone is 1. The van der Waals surface area contributed by atoms with Crippen molar-refractivity contribution in [2.75, 3.05) is 14.2 Å². The number of carbonyl (C=O) groups is 2. The van der Waals surface area contributed by atoms with Gasteiger partial charge in [0.15, 0.2) is 0 Å². The number of carbonyl (C=O) groups excluding carboxylic acids is 2. The van der Waals surface area contributed by atoms with Gasteiger partial charge in [-0.2, -0.15) is 0 Å². The summed E-state index contributed by atoms with van der Waals surface area (Å²) in [7, 11) is 2.80. The largest absolute Gasteiger partial charge is 0.466 e. The predicted molar refractivity (Wildman–Crippen MR) is 76.8 cm³/mol. The van der Waals surface area contributed by atoms with Gasteiger partial charge in [-0.25, -0.2) is 9.59 Å². The number of nitro groups is 1. The van der Waals surface area contributed by atoms with Gasteiger partial charge in [-0.3, -0.25) is 10.1 Å². The number of esters is 1. The highest BCUT2D eigenvalue weighted by molar-refractivity contribution is 5.94. The molecule has 0 fully saturated rings. The lowest BCUT2D eigenvalue weighted by Crippen LogP contribution is -2.46. The predicted octanol–water partition coefficient (Wildman–Crippen LogP) is 1.74. The van der Waals surface area contributed by atoms with Crippen molar-refractivity contribution in [1.82, 2.24) is 10.2 Å². The molecular weight excluding hydrogens is 290 g/mol. The summed E-state index contributed by atoms with van der Waals surface area (Å²) < 4.78 is 4.77. The van der Waals surface area contributed by atoms with E-state index in [4.69, 9.17) is 4.74 Å². The van der Waals surface area contributed by atoms with Crippen LogP contribution >= 0.6 is 0 Å². The zero-order valence-electron chi connectivity index (χ0n) is 12.3. The molecule has 1 N–H and O–H groups in total. The topological polar surface area (TPSA) is 102 Å². The van der Waals surface area contributed by atoms with Crippen LogP contribution in [0.5, 0.6) is 0 Å². The Labute approximate surface area is 126 Å². The van der Waals surface area contributed by atoms with Crippen molar-refractivity contribution < 1.29 is 19.2 Å². The van der Waals surface area contributed by atoms with Crippen molar-refractivity contribution in [3.05, 3.63) is 51.2 Å². The minimum Gasteiger partial charge on any atom is -0.466 e. The molecular formula is C14H15N3O5. The number of urea groups is 1. The molecule has 0 aromatic heterocycles. The van der Waals surface area contributed by atoms with Gasteiger partial charge in [0.1, 0.15) is 0 Å². The molecule has 22 heavy (non-hydrogen) atoms. The molecule has 1 unspecified atom stereocenters. The lowest BCUT2D eigenvalue weighted by molar-refractivity contribution is -0.384. The summed E-state index contributed by atoms with van der Waals surface area (Å²) in [5.41, 5.74) is 1.26. The Morgan fingerprint density at radius 2 is 1.95 bits per heavy atom. The normalized spacial score (nSPS) is 18.0. The molecule has 1 atom stereocenters. The second kappa shape index (κ2) is 5.84. The fourth-order valence-corrected chi connectivity index (χ4v) is 2.25. The van der Waals surface area contributed by atoms with E-state index < -0.39 is 16.9 Å². The van der Waals surface area contributed by atoms with Crippen LogP contribution in [0.15, 0.2) is 35.5 Å². The fraction of sp³-hybridized carbons (Fsp3) is 0.286. The summed E-state index contributed by atoms with van der Waals surface area (Å²) in [4.78, 5) is 35.5. The van der Waals surface area contributed by atoms with Gasteiger partial charge in [0.25, 0.3) is 5.69 Å². The molecule has 2 amide bonds. The first-order valence-electron chi connectivity index (χ1n) is 6.44. The molecule has 1 heterocycles. The van der Waals surface area contributed by atoms with Gasteiger partial charge in [0.2, 0.25) is 0 Å². The zero-order valence-corrected chi connectivity index (χ0v) is 12.3. The number of benzene rings is 1. The number of hydrogen-bond acceptors (Lipinski definition) is 5. The Morgan fingerprint density at radius 3 is 2.45 bits per heavy atom. The van der Waals surface area contributed by atoms with E-state index in [1.807, 2.05) is 0 Å². The summed E-state index contributed by atoms with van der Waals surface area (Å²) in [5, 5.41) is 13.4. The summed E-state index contributed by atoms with van der Waals surface area (Å²) in [5.74, 6) is -0.562. The number of non-ortho nitro benzene ring substituents is 1. The number of nitrogens with one attached hydrogen (secondary N) is 1. The molecule has 2 rings (SSSR count).